The second-order valence-corrected chi connectivity index (χ2v) is 8.30. The zero-order valence-corrected chi connectivity index (χ0v) is 15.7. The molecule has 1 aliphatic carbocycles. The van der Waals surface area contributed by atoms with Gasteiger partial charge in [0, 0.05) is 12.0 Å². The minimum absolute atomic E-state index is 0.0339. The summed E-state index contributed by atoms with van der Waals surface area (Å²) >= 11 is 0. The van der Waals surface area contributed by atoms with E-state index in [0.29, 0.717) is 17.4 Å². The van der Waals surface area contributed by atoms with Gasteiger partial charge < -0.3 is 4.74 Å². The predicted octanol–water partition coefficient (Wildman–Crippen LogP) is 2.60. The number of hydrogen-bond donors (Lipinski definition) is 1. The van der Waals surface area contributed by atoms with E-state index in [2.05, 4.69) is 10.2 Å². The summed E-state index contributed by atoms with van der Waals surface area (Å²) in [5.74, 6) is 0.0861. The Bertz CT molecular complexity index is 937. The molecule has 0 radical (unpaired) electrons. The number of amides is 1. The lowest BCUT2D eigenvalue weighted by atomic mass is 10.0. The highest BCUT2D eigenvalue weighted by Crippen LogP contribution is 2.42. The summed E-state index contributed by atoms with van der Waals surface area (Å²) in [4.78, 5) is 12.4. The lowest BCUT2D eigenvalue weighted by Crippen LogP contribution is -2.31. The van der Waals surface area contributed by atoms with E-state index < -0.39 is 15.9 Å². The van der Waals surface area contributed by atoms with E-state index in [4.69, 9.17) is 4.74 Å². The van der Waals surface area contributed by atoms with Crippen LogP contribution < -0.4 is 9.46 Å². The minimum Gasteiger partial charge on any atom is -0.495 e. The molecule has 1 aromatic heterocycles. The van der Waals surface area contributed by atoms with Crippen LogP contribution in [0.5, 0.6) is 5.75 Å². The second-order valence-electron chi connectivity index (χ2n) is 6.62. The predicted molar refractivity (Wildman–Crippen MR) is 95.7 cm³/mol. The van der Waals surface area contributed by atoms with E-state index in [1.54, 1.807) is 12.1 Å². The number of nitrogens with one attached hydrogen (secondary N) is 1. The molecule has 1 aromatic carbocycles. The number of benzene rings is 1. The first-order chi connectivity index (χ1) is 12.3. The van der Waals surface area contributed by atoms with Crippen LogP contribution in [-0.2, 0) is 10.0 Å². The number of nitrogens with zero attached hydrogens (tertiary/aromatic N) is 2. The summed E-state index contributed by atoms with van der Waals surface area (Å²) in [7, 11) is -2.52. The van der Waals surface area contributed by atoms with Crippen molar-refractivity contribution >= 4 is 15.9 Å². The molecule has 26 heavy (non-hydrogen) atoms. The van der Waals surface area contributed by atoms with Crippen LogP contribution in [0.3, 0.4) is 0 Å². The molecule has 0 atom stereocenters. The Kier molecular flexibility index (Phi) is 4.95. The number of hydrogen-bond acceptors (Lipinski definition) is 6. The molecule has 0 spiro atoms. The molecule has 1 saturated carbocycles. The summed E-state index contributed by atoms with van der Waals surface area (Å²) in [6, 6.07) is 7.93. The van der Waals surface area contributed by atoms with Crippen LogP contribution in [0.25, 0.3) is 0 Å². The molecule has 8 heteroatoms. The summed E-state index contributed by atoms with van der Waals surface area (Å²) < 4.78 is 32.3. The first-order valence-electron chi connectivity index (χ1n) is 8.40. The van der Waals surface area contributed by atoms with Crippen LogP contribution in [0.1, 0.15) is 60.3 Å². The van der Waals surface area contributed by atoms with Crippen molar-refractivity contribution in [2.75, 3.05) is 7.11 Å². The molecule has 138 valence electrons. The van der Waals surface area contributed by atoms with Crippen molar-refractivity contribution in [1.82, 2.24) is 14.9 Å². The fourth-order valence-electron chi connectivity index (χ4n) is 2.57. The molecule has 0 aliphatic heterocycles. The van der Waals surface area contributed by atoms with E-state index in [-0.39, 0.29) is 16.5 Å². The van der Waals surface area contributed by atoms with Crippen molar-refractivity contribution in [1.29, 1.82) is 0 Å². The molecule has 0 saturated heterocycles. The van der Waals surface area contributed by atoms with Crippen LogP contribution in [-0.4, -0.2) is 31.6 Å². The summed E-state index contributed by atoms with van der Waals surface area (Å²) in [6.45, 7) is 3.93. The van der Waals surface area contributed by atoms with Gasteiger partial charge in [-0.25, -0.2) is 13.1 Å². The van der Waals surface area contributed by atoms with Gasteiger partial charge in [-0.3, -0.25) is 4.79 Å². The molecule has 1 heterocycles. The van der Waals surface area contributed by atoms with Crippen LogP contribution in [0.4, 0.5) is 0 Å². The van der Waals surface area contributed by atoms with Gasteiger partial charge in [0.2, 0.25) is 0 Å². The Morgan fingerprint density at radius 2 is 1.96 bits per heavy atom. The zero-order valence-electron chi connectivity index (χ0n) is 14.9. The highest BCUT2D eigenvalue weighted by molar-refractivity contribution is 7.90. The Labute approximate surface area is 152 Å². The van der Waals surface area contributed by atoms with E-state index in [1.807, 2.05) is 24.6 Å². The summed E-state index contributed by atoms with van der Waals surface area (Å²) in [5, 5.41) is 7.91. The fourth-order valence-corrected chi connectivity index (χ4v) is 3.59. The average molecular weight is 375 g/mol. The molecule has 3 rings (SSSR count). The zero-order chi connectivity index (χ0) is 18.9. The Balaban J connectivity index is 1.83. The van der Waals surface area contributed by atoms with Crippen LogP contribution in [0, 0.1) is 0 Å². The number of carbonyl (C=O) groups excluding carboxylic acids is 1. The van der Waals surface area contributed by atoms with E-state index in [0.717, 1.165) is 18.4 Å². The van der Waals surface area contributed by atoms with Crippen molar-refractivity contribution in [3.63, 3.8) is 0 Å². The minimum atomic E-state index is -4.01. The van der Waals surface area contributed by atoms with Gasteiger partial charge in [0.1, 0.15) is 11.4 Å². The van der Waals surface area contributed by atoms with Gasteiger partial charge in [-0.05, 0) is 36.5 Å². The van der Waals surface area contributed by atoms with Crippen molar-refractivity contribution in [3.8, 4) is 5.75 Å². The first-order valence-corrected chi connectivity index (χ1v) is 9.89. The SMILES string of the molecule is COc1cc(C(=O)NS(=O)(=O)c2cccc(C(C)C)c2)nnc1C1CC1. The Morgan fingerprint density at radius 1 is 1.23 bits per heavy atom. The molecule has 0 bridgehead atoms. The maximum absolute atomic E-state index is 12.5. The third-order valence-electron chi connectivity index (χ3n) is 4.26. The van der Waals surface area contributed by atoms with Crippen molar-refractivity contribution in [2.24, 2.45) is 0 Å². The third-order valence-corrected chi connectivity index (χ3v) is 5.59. The van der Waals surface area contributed by atoms with Crippen LogP contribution in [0.15, 0.2) is 35.2 Å². The topological polar surface area (TPSA) is 98.2 Å². The van der Waals surface area contributed by atoms with Gasteiger partial charge in [-0.2, -0.15) is 5.10 Å². The van der Waals surface area contributed by atoms with Crippen LogP contribution >= 0.6 is 0 Å². The molecule has 7 nitrogen and oxygen atoms in total. The standard InChI is InChI=1S/C18H21N3O4S/c1-11(2)13-5-4-6-14(9-13)26(23,24)21-18(22)15-10-16(25-3)17(20-19-15)12-7-8-12/h4-6,9-12H,7-8H2,1-3H3,(H,21,22). The number of ether oxygens (including phenoxy) is 1. The monoisotopic (exact) mass is 375 g/mol. The molecule has 1 N–H and O–H groups in total. The van der Waals surface area contributed by atoms with Crippen molar-refractivity contribution < 1.29 is 17.9 Å². The Hall–Kier alpha value is -2.48. The smallest absolute Gasteiger partial charge is 0.285 e. The molecule has 1 amide bonds. The van der Waals surface area contributed by atoms with Gasteiger partial charge in [-0.15, -0.1) is 5.10 Å². The van der Waals surface area contributed by atoms with Gasteiger partial charge in [0.15, 0.2) is 5.69 Å². The molecular formula is C18H21N3O4S. The highest BCUT2D eigenvalue weighted by atomic mass is 32.2. The van der Waals surface area contributed by atoms with Gasteiger partial charge in [0.25, 0.3) is 15.9 Å². The normalized spacial score (nSPS) is 14.3. The fraction of sp³-hybridized carbons (Fsp3) is 0.389. The van der Waals surface area contributed by atoms with Gasteiger partial charge in [0.05, 0.1) is 12.0 Å². The largest absolute Gasteiger partial charge is 0.495 e. The number of sulfonamides is 1. The molecule has 1 fully saturated rings. The molecule has 1 aliphatic rings. The quantitative estimate of drug-likeness (QED) is 0.833. The number of aromatic nitrogens is 2. The van der Waals surface area contributed by atoms with Crippen molar-refractivity contribution in [3.05, 3.63) is 47.3 Å². The maximum atomic E-state index is 12.5. The number of carbonyl (C=O) groups is 1. The lowest BCUT2D eigenvalue weighted by molar-refractivity contribution is 0.0975. The van der Waals surface area contributed by atoms with Crippen LogP contribution in [0.2, 0.25) is 0 Å². The third kappa shape index (κ3) is 3.85. The van der Waals surface area contributed by atoms with Gasteiger partial charge in [-0.1, -0.05) is 26.0 Å². The molecule has 2 aromatic rings. The van der Waals surface area contributed by atoms with E-state index >= 15 is 0 Å². The van der Waals surface area contributed by atoms with E-state index in [1.165, 1.54) is 19.2 Å². The second kappa shape index (κ2) is 7.03. The number of rotatable bonds is 6. The maximum Gasteiger partial charge on any atom is 0.285 e. The van der Waals surface area contributed by atoms with Gasteiger partial charge >= 0.3 is 0 Å². The first kappa shape index (κ1) is 18.3. The Morgan fingerprint density at radius 3 is 2.58 bits per heavy atom. The summed E-state index contributed by atoms with van der Waals surface area (Å²) in [5.41, 5.74) is 1.47. The molecular weight excluding hydrogens is 354 g/mol. The average Bonchev–Trinajstić information content (AvgIpc) is 3.46. The van der Waals surface area contributed by atoms with Crippen molar-refractivity contribution in [2.45, 2.75) is 43.4 Å². The highest BCUT2D eigenvalue weighted by Gasteiger charge is 2.30. The summed E-state index contributed by atoms with van der Waals surface area (Å²) in [6.07, 6.45) is 2.02. The number of methoxy groups -OCH3 is 1. The van der Waals surface area contributed by atoms with E-state index in [9.17, 15) is 13.2 Å². The lowest BCUT2D eigenvalue weighted by Gasteiger charge is -2.11. The molecule has 0 unspecified atom stereocenters.